The highest BCUT2D eigenvalue weighted by Gasteiger charge is 2.15. The number of thioether (sulfide) groups is 1. The Morgan fingerprint density at radius 3 is 2.76 bits per heavy atom. The summed E-state index contributed by atoms with van der Waals surface area (Å²) in [4.78, 5) is 1.27. The summed E-state index contributed by atoms with van der Waals surface area (Å²) in [5.74, 6) is 0.943. The minimum atomic E-state index is 0.186. The number of hydrogen-bond acceptors (Lipinski definition) is 3. The van der Waals surface area contributed by atoms with Crippen LogP contribution in [0.15, 0.2) is 45.9 Å². The Hall–Kier alpha value is -1.19. The van der Waals surface area contributed by atoms with E-state index in [9.17, 15) is 0 Å². The first kappa shape index (κ1) is 12.3. The second kappa shape index (κ2) is 5.43. The Morgan fingerprint density at radius 1 is 1.29 bits per heavy atom. The van der Waals surface area contributed by atoms with Gasteiger partial charge in [-0.2, -0.15) is 0 Å². The second-order valence-corrected chi connectivity index (χ2v) is 5.37. The third-order valence-electron chi connectivity index (χ3n) is 2.69. The third kappa shape index (κ3) is 2.93. The van der Waals surface area contributed by atoms with E-state index in [0.29, 0.717) is 6.54 Å². The lowest BCUT2D eigenvalue weighted by atomic mass is 10.2. The maximum absolute atomic E-state index is 5.82. The predicted octanol–water partition coefficient (Wildman–Crippen LogP) is 3.69. The van der Waals surface area contributed by atoms with Crippen molar-refractivity contribution >= 4 is 11.8 Å². The van der Waals surface area contributed by atoms with Crippen LogP contribution in [0.25, 0.3) is 0 Å². The minimum Gasteiger partial charge on any atom is -0.468 e. The highest BCUT2D eigenvalue weighted by atomic mass is 32.2. The van der Waals surface area contributed by atoms with Crippen molar-refractivity contribution in [2.75, 3.05) is 6.54 Å². The van der Waals surface area contributed by atoms with Crippen molar-refractivity contribution in [2.24, 2.45) is 5.73 Å². The maximum Gasteiger partial charge on any atom is 0.118 e. The van der Waals surface area contributed by atoms with Crippen molar-refractivity contribution in [1.29, 1.82) is 0 Å². The van der Waals surface area contributed by atoms with Gasteiger partial charge >= 0.3 is 0 Å². The van der Waals surface area contributed by atoms with E-state index in [-0.39, 0.29) is 5.25 Å². The zero-order chi connectivity index (χ0) is 12.3. The zero-order valence-corrected chi connectivity index (χ0v) is 11.0. The number of furan rings is 1. The van der Waals surface area contributed by atoms with Crippen LogP contribution in [0.4, 0.5) is 0 Å². The molecule has 1 unspecified atom stereocenters. The van der Waals surface area contributed by atoms with Crippen molar-refractivity contribution in [3.8, 4) is 0 Å². The van der Waals surface area contributed by atoms with Gasteiger partial charge in [0.2, 0.25) is 0 Å². The van der Waals surface area contributed by atoms with Gasteiger partial charge in [0.1, 0.15) is 5.76 Å². The molecule has 2 rings (SSSR count). The lowest BCUT2D eigenvalue weighted by Gasteiger charge is -2.14. The van der Waals surface area contributed by atoms with E-state index in [4.69, 9.17) is 10.2 Å². The van der Waals surface area contributed by atoms with Crippen LogP contribution in [-0.4, -0.2) is 6.54 Å². The molecule has 0 radical (unpaired) electrons. The van der Waals surface area contributed by atoms with E-state index in [0.717, 1.165) is 5.76 Å². The number of benzene rings is 1. The molecule has 90 valence electrons. The van der Waals surface area contributed by atoms with Crippen LogP contribution in [0.5, 0.6) is 0 Å². The van der Waals surface area contributed by atoms with Gasteiger partial charge in [0.05, 0.1) is 11.5 Å². The number of rotatable bonds is 4. The van der Waals surface area contributed by atoms with Crippen LogP contribution in [-0.2, 0) is 0 Å². The number of hydrogen-bond donors (Lipinski definition) is 1. The van der Waals surface area contributed by atoms with Gasteiger partial charge in [-0.3, -0.25) is 0 Å². The van der Waals surface area contributed by atoms with E-state index >= 15 is 0 Å². The molecule has 0 aliphatic rings. The van der Waals surface area contributed by atoms with Crippen molar-refractivity contribution in [3.05, 3.63) is 53.5 Å². The van der Waals surface area contributed by atoms with E-state index in [1.54, 1.807) is 18.0 Å². The summed E-state index contributed by atoms with van der Waals surface area (Å²) in [5.41, 5.74) is 8.37. The molecule has 1 heterocycles. The summed E-state index contributed by atoms with van der Waals surface area (Å²) in [5, 5.41) is 0.186. The van der Waals surface area contributed by atoms with Gasteiger partial charge in [-0.25, -0.2) is 0 Å². The summed E-state index contributed by atoms with van der Waals surface area (Å²) in [6, 6.07) is 10.4. The monoisotopic (exact) mass is 247 g/mol. The molecule has 0 saturated heterocycles. The smallest absolute Gasteiger partial charge is 0.118 e. The molecule has 2 aromatic rings. The molecule has 1 aromatic heterocycles. The molecular weight excluding hydrogens is 230 g/mol. The van der Waals surface area contributed by atoms with Crippen molar-refractivity contribution in [1.82, 2.24) is 0 Å². The Morgan fingerprint density at radius 2 is 2.12 bits per heavy atom. The van der Waals surface area contributed by atoms with Crippen LogP contribution in [0.3, 0.4) is 0 Å². The average molecular weight is 247 g/mol. The van der Waals surface area contributed by atoms with Crippen LogP contribution in [0.2, 0.25) is 0 Å². The Labute approximate surface area is 106 Å². The molecule has 2 N–H and O–H groups in total. The van der Waals surface area contributed by atoms with Crippen LogP contribution in [0, 0.1) is 13.8 Å². The molecule has 1 atom stereocenters. The van der Waals surface area contributed by atoms with E-state index in [2.05, 4.69) is 32.0 Å². The van der Waals surface area contributed by atoms with Crippen molar-refractivity contribution in [2.45, 2.75) is 24.0 Å². The predicted molar refractivity (Wildman–Crippen MR) is 72.3 cm³/mol. The Bertz CT molecular complexity index is 479. The summed E-state index contributed by atoms with van der Waals surface area (Å²) >= 11 is 1.77. The summed E-state index contributed by atoms with van der Waals surface area (Å²) in [7, 11) is 0. The largest absolute Gasteiger partial charge is 0.468 e. The standard InChI is InChI=1S/C14H17NOS/c1-10-5-6-11(2)13(8-10)17-14(9-15)12-4-3-7-16-12/h3-8,14H,9,15H2,1-2H3. The van der Waals surface area contributed by atoms with Crippen LogP contribution in [0.1, 0.15) is 22.1 Å². The first-order valence-corrected chi connectivity index (χ1v) is 6.56. The quantitative estimate of drug-likeness (QED) is 0.837. The fourth-order valence-electron chi connectivity index (χ4n) is 1.68. The topological polar surface area (TPSA) is 39.2 Å². The summed E-state index contributed by atoms with van der Waals surface area (Å²) in [6.07, 6.45) is 1.70. The highest BCUT2D eigenvalue weighted by molar-refractivity contribution is 7.99. The molecule has 17 heavy (non-hydrogen) atoms. The molecule has 3 heteroatoms. The second-order valence-electron chi connectivity index (χ2n) is 4.13. The zero-order valence-electron chi connectivity index (χ0n) is 10.1. The molecule has 0 aliphatic carbocycles. The van der Waals surface area contributed by atoms with Crippen molar-refractivity contribution in [3.63, 3.8) is 0 Å². The fraction of sp³-hybridized carbons (Fsp3) is 0.286. The van der Waals surface area contributed by atoms with Gasteiger partial charge in [0.15, 0.2) is 0 Å². The normalized spacial score (nSPS) is 12.6. The Kier molecular flexibility index (Phi) is 3.92. The molecule has 0 spiro atoms. The minimum absolute atomic E-state index is 0.186. The lowest BCUT2D eigenvalue weighted by molar-refractivity contribution is 0.507. The summed E-state index contributed by atoms with van der Waals surface area (Å²) in [6.45, 7) is 4.80. The molecule has 2 nitrogen and oxygen atoms in total. The van der Waals surface area contributed by atoms with E-state index in [1.807, 2.05) is 12.1 Å². The third-order valence-corrected chi connectivity index (χ3v) is 4.09. The number of aryl methyl sites for hydroxylation is 2. The van der Waals surface area contributed by atoms with Crippen LogP contribution < -0.4 is 5.73 Å². The van der Waals surface area contributed by atoms with Crippen molar-refractivity contribution < 1.29 is 4.42 Å². The Balaban J connectivity index is 2.21. The van der Waals surface area contributed by atoms with Gasteiger partial charge in [-0.1, -0.05) is 17.7 Å². The molecule has 0 aliphatic heterocycles. The van der Waals surface area contributed by atoms with Gasteiger partial charge in [0, 0.05) is 11.4 Å². The van der Waals surface area contributed by atoms with E-state index in [1.165, 1.54) is 16.0 Å². The van der Waals surface area contributed by atoms with Gasteiger partial charge < -0.3 is 10.2 Å². The first-order chi connectivity index (χ1) is 8.20. The average Bonchev–Trinajstić information content (AvgIpc) is 2.84. The SMILES string of the molecule is Cc1ccc(C)c(SC(CN)c2ccco2)c1. The van der Waals surface area contributed by atoms with Crippen LogP contribution >= 0.6 is 11.8 Å². The molecular formula is C14H17NOS. The van der Waals surface area contributed by atoms with Gasteiger partial charge in [-0.05, 0) is 37.6 Å². The molecule has 0 bridgehead atoms. The lowest BCUT2D eigenvalue weighted by Crippen LogP contribution is -2.08. The molecule has 0 fully saturated rings. The molecule has 0 amide bonds. The first-order valence-electron chi connectivity index (χ1n) is 5.68. The fourth-order valence-corrected chi connectivity index (χ4v) is 2.85. The summed E-state index contributed by atoms with van der Waals surface area (Å²) < 4.78 is 5.43. The molecule has 0 saturated carbocycles. The molecule has 1 aromatic carbocycles. The maximum atomic E-state index is 5.82. The highest BCUT2D eigenvalue weighted by Crippen LogP contribution is 2.36. The van der Waals surface area contributed by atoms with E-state index < -0.39 is 0 Å². The number of nitrogens with two attached hydrogens (primary N) is 1. The van der Waals surface area contributed by atoms with Gasteiger partial charge in [-0.15, -0.1) is 11.8 Å². The van der Waals surface area contributed by atoms with Gasteiger partial charge in [0.25, 0.3) is 0 Å².